The van der Waals surface area contributed by atoms with Crippen molar-refractivity contribution in [3.63, 3.8) is 0 Å². The van der Waals surface area contributed by atoms with Gasteiger partial charge in [0.2, 0.25) is 0 Å². The SMILES string of the molecule is CC(C)CC(O)CNCC(O)CC(C)C. The first kappa shape index (κ1) is 14.9. The Morgan fingerprint density at radius 3 is 1.40 bits per heavy atom. The summed E-state index contributed by atoms with van der Waals surface area (Å²) in [6.07, 6.45) is 1.04. The summed E-state index contributed by atoms with van der Waals surface area (Å²) in [6.45, 7) is 9.53. The predicted molar refractivity (Wildman–Crippen MR) is 63.8 cm³/mol. The van der Waals surface area contributed by atoms with Crippen LogP contribution in [0.15, 0.2) is 0 Å². The second-order valence-electron chi connectivity index (χ2n) is 5.22. The molecule has 2 unspecified atom stereocenters. The van der Waals surface area contributed by atoms with Crippen LogP contribution in [-0.2, 0) is 0 Å². The van der Waals surface area contributed by atoms with Gasteiger partial charge in [0.15, 0.2) is 0 Å². The maximum atomic E-state index is 9.57. The van der Waals surface area contributed by atoms with Crippen LogP contribution in [0.5, 0.6) is 0 Å². The van der Waals surface area contributed by atoms with Crippen molar-refractivity contribution < 1.29 is 10.2 Å². The van der Waals surface area contributed by atoms with Crippen LogP contribution in [-0.4, -0.2) is 35.5 Å². The molecule has 0 rings (SSSR count). The van der Waals surface area contributed by atoms with Gasteiger partial charge >= 0.3 is 0 Å². The Morgan fingerprint density at radius 2 is 1.13 bits per heavy atom. The van der Waals surface area contributed by atoms with E-state index in [1.807, 2.05) is 0 Å². The largest absolute Gasteiger partial charge is 0.392 e. The standard InChI is InChI=1S/C12H27NO2/c1-9(2)5-11(14)7-13-8-12(15)6-10(3)4/h9-15H,5-8H2,1-4H3. The summed E-state index contributed by atoms with van der Waals surface area (Å²) in [4.78, 5) is 0. The molecule has 3 heteroatoms. The summed E-state index contributed by atoms with van der Waals surface area (Å²) in [5, 5.41) is 22.2. The fraction of sp³-hybridized carbons (Fsp3) is 1.00. The van der Waals surface area contributed by atoms with E-state index in [0.29, 0.717) is 24.9 Å². The molecule has 3 nitrogen and oxygen atoms in total. The Labute approximate surface area is 93.9 Å². The minimum absolute atomic E-state index is 0.295. The van der Waals surface area contributed by atoms with E-state index in [9.17, 15) is 10.2 Å². The summed E-state index contributed by atoms with van der Waals surface area (Å²) >= 11 is 0. The minimum Gasteiger partial charge on any atom is -0.392 e. The molecule has 0 amide bonds. The summed E-state index contributed by atoms with van der Waals surface area (Å²) in [5.41, 5.74) is 0. The van der Waals surface area contributed by atoms with Crippen LogP contribution < -0.4 is 5.32 Å². The zero-order valence-electron chi connectivity index (χ0n) is 10.5. The van der Waals surface area contributed by atoms with E-state index in [2.05, 4.69) is 33.0 Å². The molecule has 0 aromatic heterocycles. The van der Waals surface area contributed by atoms with Gasteiger partial charge in [0, 0.05) is 13.1 Å². The third-order valence-electron chi connectivity index (χ3n) is 2.25. The van der Waals surface area contributed by atoms with E-state index in [0.717, 1.165) is 12.8 Å². The molecule has 0 aromatic rings. The smallest absolute Gasteiger partial charge is 0.0667 e. The highest BCUT2D eigenvalue weighted by molar-refractivity contribution is 4.66. The van der Waals surface area contributed by atoms with Crippen molar-refractivity contribution >= 4 is 0 Å². The Balaban J connectivity index is 3.44. The number of aliphatic hydroxyl groups is 2. The molecule has 3 N–H and O–H groups in total. The summed E-state index contributed by atoms with van der Waals surface area (Å²) in [7, 11) is 0. The molecule has 0 spiro atoms. The van der Waals surface area contributed by atoms with Crippen molar-refractivity contribution in [3.8, 4) is 0 Å². The van der Waals surface area contributed by atoms with E-state index in [1.54, 1.807) is 0 Å². The lowest BCUT2D eigenvalue weighted by Gasteiger charge is -2.17. The van der Waals surface area contributed by atoms with E-state index < -0.39 is 0 Å². The van der Waals surface area contributed by atoms with Crippen LogP contribution in [0, 0.1) is 11.8 Å². The lowest BCUT2D eigenvalue weighted by Crippen LogP contribution is -2.34. The first-order valence-electron chi connectivity index (χ1n) is 5.98. The van der Waals surface area contributed by atoms with Crippen LogP contribution in [0.4, 0.5) is 0 Å². The quantitative estimate of drug-likeness (QED) is 0.576. The monoisotopic (exact) mass is 217 g/mol. The maximum absolute atomic E-state index is 9.57. The third kappa shape index (κ3) is 10.2. The van der Waals surface area contributed by atoms with Gasteiger partial charge in [-0.15, -0.1) is 0 Å². The molecule has 2 atom stereocenters. The van der Waals surface area contributed by atoms with Crippen molar-refractivity contribution in [1.29, 1.82) is 0 Å². The van der Waals surface area contributed by atoms with Gasteiger partial charge < -0.3 is 15.5 Å². The molecule has 0 saturated heterocycles. The average Bonchev–Trinajstić information content (AvgIpc) is 2.00. The lowest BCUT2D eigenvalue weighted by atomic mass is 10.0. The molecule has 0 aliphatic carbocycles. The van der Waals surface area contributed by atoms with E-state index in [1.165, 1.54) is 0 Å². The molecule has 0 aromatic carbocycles. The highest BCUT2D eigenvalue weighted by atomic mass is 16.3. The second-order valence-corrected chi connectivity index (χ2v) is 5.22. The molecule has 0 saturated carbocycles. The zero-order chi connectivity index (χ0) is 11.8. The number of nitrogens with one attached hydrogen (secondary N) is 1. The molecule has 0 heterocycles. The Hall–Kier alpha value is -0.120. The highest BCUT2D eigenvalue weighted by Crippen LogP contribution is 2.05. The predicted octanol–water partition coefficient (Wildman–Crippen LogP) is 1.39. The molecular formula is C12H27NO2. The molecule has 0 aliphatic heterocycles. The number of hydrogen-bond donors (Lipinski definition) is 3. The van der Waals surface area contributed by atoms with Crippen LogP contribution in [0.3, 0.4) is 0 Å². The molecule has 0 aliphatic rings. The lowest BCUT2D eigenvalue weighted by molar-refractivity contribution is 0.122. The van der Waals surface area contributed by atoms with E-state index >= 15 is 0 Å². The van der Waals surface area contributed by atoms with Crippen molar-refractivity contribution in [3.05, 3.63) is 0 Å². The van der Waals surface area contributed by atoms with Crippen molar-refractivity contribution in [1.82, 2.24) is 5.32 Å². The van der Waals surface area contributed by atoms with Crippen molar-refractivity contribution in [2.24, 2.45) is 11.8 Å². The molecule has 15 heavy (non-hydrogen) atoms. The average molecular weight is 217 g/mol. The van der Waals surface area contributed by atoms with Crippen LogP contribution >= 0.6 is 0 Å². The van der Waals surface area contributed by atoms with Gasteiger partial charge in [-0.3, -0.25) is 0 Å². The van der Waals surface area contributed by atoms with Gasteiger partial charge in [0.25, 0.3) is 0 Å². The van der Waals surface area contributed by atoms with Gasteiger partial charge in [-0.2, -0.15) is 0 Å². The highest BCUT2D eigenvalue weighted by Gasteiger charge is 2.09. The Kier molecular flexibility index (Phi) is 8.02. The first-order chi connectivity index (χ1) is 6.91. The van der Waals surface area contributed by atoms with Gasteiger partial charge in [0.05, 0.1) is 12.2 Å². The van der Waals surface area contributed by atoms with Crippen molar-refractivity contribution in [2.45, 2.75) is 52.7 Å². The molecule has 0 radical (unpaired) electrons. The van der Waals surface area contributed by atoms with Crippen LogP contribution in [0.2, 0.25) is 0 Å². The first-order valence-corrected chi connectivity index (χ1v) is 5.98. The third-order valence-corrected chi connectivity index (χ3v) is 2.25. The summed E-state index contributed by atoms with van der Waals surface area (Å²) in [5.74, 6) is 1.03. The summed E-state index contributed by atoms with van der Waals surface area (Å²) in [6, 6.07) is 0. The topological polar surface area (TPSA) is 52.5 Å². The molecule has 0 fully saturated rings. The fourth-order valence-corrected chi connectivity index (χ4v) is 1.67. The van der Waals surface area contributed by atoms with Gasteiger partial charge in [-0.05, 0) is 24.7 Å². The normalized spacial score (nSPS) is 16.0. The van der Waals surface area contributed by atoms with E-state index in [4.69, 9.17) is 0 Å². The second kappa shape index (κ2) is 8.08. The minimum atomic E-state index is -0.295. The number of hydrogen-bond acceptors (Lipinski definition) is 3. The fourth-order valence-electron chi connectivity index (χ4n) is 1.67. The van der Waals surface area contributed by atoms with Gasteiger partial charge in [-0.1, -0.05) is 27.7 Å². The van der Waals surface area contributed by atoms with Crippen molar-refractivity contribution in [2.75, 3.05) is 13.1 Å². The van der Waals surface area contributed by atoms with Crippen LogP contribution in [0.25, 0.3) is 0 Å². The maximum Gasteiger partial charge on any atom is 0.0667 e. The Bertz CT molecular complexity index is 133. The van der Waals surface area contributed by atoms with Gasteiger partial charge in [-0.25, -0.2) is 0 Å². The van der Waals surface area contributed by atoms with Gasteiger partial charge in [0.1, 0.15) is 0 Å². The zero-order valence-corrected chi connectivity index (χ0v) is 10.5. The molecule has 0 bridgehead atoms. The summed E-state index contributed by atoms with van der Waals surface area (Å²) < 4.78 is 0. The Morgan fingerprint density at radius 1 is 0.800 bits per heavy atom. The van der Waals surface area contributed by atoms with E-state index in [-0.39, 0.29) is 12.2 Å². The molecule has 92 valence electrons. The number of rotatable bonds is 8. The number of aliphatic hydroxyl groups excluding tert-OH is 2. The molecular weight excluding hydrogens is 190 g/mol. The van der Waals surface area contributed by atoms with Crippen LogP contribution in [0.1, 0.15) is 40.5 Å².